The van der Waals surface area contributed by atoms with Crippen molar-refractivity contribution in [1.29, 1.82) is 0 Å². The third-order valence-electron chi connectivity index (χ3n) is 4.27. The van der Waals surface area contributed by atoms with Crippen LogP contribution in [0.15, 0.2) is 36.4 Å². The van der Waals surface area contributed by atoms with E-state index < -0.39 is 23.1 Å². The largest absolute Gasteiger partial charge is 0.322 e. The fourth-order valence-electron chi connectivity index (χ4n) is 2.95. The number of nitrogens with zero attached hydrogens (tertiary/aromatic N) is 1. The highest BCUT2D eigenvalue weighted by Gasteiger charge is 2.22. The molecule has 1 aliphatic rings. The van der Waals surface area contributed by atoms with Crippen LogP contribution < -0.4 is 10.2 Å². The van der Waals surface area contributed by atoms with Crippen molar-refractivity contribution in [2.45, 2.75) is 26.2 Å². The van der Waals surface area contributed by atoms with Crippen LogP contribution in [-0.4, -0.2) is 18.4 Å². The predicted molar refractivity (Wildman–Crippen MR) is 91.7 cm³/mol. The molecule has 0 spiro atoms. The molecular formula is C19H18F2N2O2. The number of piperidine rings is 1. The molecule has 1 N–H and O–H groups in total. The first-order valence-electron chi connectivity index (χ1n) is 8.14. The standard InChI is InChI=1S/C19H18F2N2O2/c1-12-8-9-13(11-16(12)23-10-3-2-7-17(23)24)22-19(25)18-14(20)5-4-6-15(18)21/h4-6,8-9,11H,2-3,7,10H2,1H3,(H,22,25). The highest BCUT2D eigenvalue weighted by molar-refractivity contribution is 6.05. The maximum atomic E-state index is 13.7. The third-order valence-corrected chi connectivity index (χ3v) is 4.27. The van der Waals surface area contributed by atoms with E-state index in [0.717, 1.165) is 30.5 Å². The van der Waals surface area contributed by atoms with E-state index in [4.69, 9.17) is 0 Å². The number of rotatable bonds is 3. The molecule has 1 fully saturated rings. The van der Waals surface area contributed by atoms with Crippen molar-refractivity contribution in [1.82, 2.24) is 0 Å². The van der Waals surface area contributed by atoms with E-state index in [-0.39, 0.29) is 5.91 Å². The summed E-state index contributed by atoms with van der Waals surface area (Å²) in [5.74, 6) is -2.67. The van der Waals surface area contributed by atoms with Gasteiger partial charge in [-0.2, -0.15) is 0 Å². The number of nitrogens with one attached hydrogen (secondary N) is 1. The molecule has 0 bridgehead atoms. The molecule has 2 amide bonds. The Bertz CT molecular complexity index is 816. The summed E-state index contributed by atoms with van der Waals surface area (Å²) in [6, 6.07) is 8.34. The average Bonchev–Trinajstić information content (AvgIpc) is 2.57. The molecule has 0 aliphatic carbocycles. The normalized spacial score (nSPS) is 14.5. The van der Waals surface area contributed by atoms with Gasteiger partial charge in [0, 0.05) is 24.3 Å². The zero-order valence-corrected chi connectivity index (χ0v) is 13.8. The molecule has 1 saturated heterocycles. The molecule has 1 aliphatic heterocycles. The van der Waals surface area contributed by atoms with Crippen molar-refractivity contribution in [2.24, 2.45) is 0 Å². The van der Waals surface area contributed by atoms with Crippen LogP contribution in [0.25, 0.3) is 0 Å². The van der Waals surface area contributed by atoms with E-state index in [0.29, 0.717) is 24.3 Å². The summed E-state index contributed by atoms with van der Waals surface area (Å²) in [5.41, 5.74) is 1.35. The summed E-state index contributed by atoms with van der Waals surface area (Å²) in [6.45, 7) is 2.50. The van der Waals surface area contributed by atoms with Gasteiger partial charge in [0.2, 0.25) is 5.91 Å². The van der Waals surface area contributed by atoms with Crippen molar-refractivity contribution in [3.05, 3.63) is 59.2 Å². The summed E-state index contributed by atoms with van der Waals surface area (Å²) in [6.07, 6.45) is 2.29. The highest BCUT2D eigenvalue weighted by atomic mass is 19.1. The van der Waals surface area contributed by atoms with Crippen molar-refractivity contribution in [3.8, 4) is 0 Å². The Labute approximate surface area is 144 Å². The topological polar surface area (TPSA) is 49.4 Å². The number of hydrogen-bond acceptors (Lipinski definition) is 2. The van der Waals surface area contributed by atoms with Gasteiger partial charge in [-0.1, -0.05) is 12.1 Å². The van der Waals surface area contributed by atoms with Crippen LogP contribution in [0.1, 0.15) is 35.2 Å². The molecule has 0 unspecified atom stereocenters. The van der Waals surface area contributed by atoms with Crippen molar-refractivity contribution in [2.75, 3.05) is 16.8 Å². The Kier molecular flexibility index (Phi) is 4.79. The fourth-order valence-corrected chi connectivity index (χ4v) is 2.95. The third kappa shape index (κ3) is 3.52. The smallest absolute Gasteiger partial charge is 0.261 e. The molecule has 0 atom stereocenters. The molecule has 1 heterocycles. The fraction of sp³-hybridized carbons (Fsp3) is 0.263. The average molecular weight is 344 g/mol. The molecule has 0 saturated carbocycles. The number of halogens is 2. The van der Waals surface area contributed by atoms with E-state index in [2.05, 4.69) is 5.32 Å². The van der Waals surface area contributed by atoms with Gasteiger partial charge in [0.25, 0.3) is 5.91 Å². The van der Waals surface area contributed by atoms with Gasteiger partial charge in [0.15, 0.2) is 0 Å². The number of hydrogen-bond donors (Lipinski definition) is 1. The Morgan fingerprint density at radius 2 is 1.84 bits per heavy atom. The van der Waals surface area contributed by atoms with Gasteiger partial charge >= 0.3 is 0 Å². The van der Waals surface area contributed by atoms with Gasteiger partial charge in [0.05, 0.1) is 0 Å². The first-order chi connectivity index (χ1) is 12.0. The first-order valence-corrected chi connectivity index (χ1v) is 8.14. The molecule has 6 heteroatoms. The van der Waals surface area contributed by atoms with Crippen LogP contribution >= 0.6 is 0 Å². The van der Waals surface area contributed by atoms with Gasteiger partial charge < -0.3 is 10.2 Å². The van der Waals surface area contributed by atoms with E-state index >= 15 is 0 Å². The minimum Gasteiger partial charge on any atom is -0.322 e. The highest BCUT2D eigenvalue weighted by Crippen LogP contribution is 2.28. The molecule has 0 aromatic heterocycles. The van der Waals surface area contributed by atoms with Crippen LogP contribution in [0, 0.1) is 18.6 Å². The lowest BCUT2D eigenvalue weighted by molar-refractivity contribution is -0.119. The molecule has 0 radical (unpaired) electrons. The summed E-state index contributed by atoms with van der Waals surface area (Å²) in [7, 11) is 0. The predicted octanol–water partition coefficient (Wildman–Crippen LogP) is 4.04. The van der Waals surface area contributed by atoms with Crippen LogP contribution in [0.4, 0.5) is 20.2 Å². The Morgan fingerprint density at radius 1 is 1.12 bits per heavy atom. The van der Waals surface area contributed by atoms with E-state index in [1.165, 1.54) is 6.07 Å². The molecule has 2 aromatic rings. The Morgan fingerprint density at radius 3 is 2.52 bits per heavy atom. The Balaban J connectivity index is 1.87. The second-order valence-corrected chi connectivity index (χ2v) is 6.05. The Hall–Kier alpha value is -2.76. The zero-order valence-electron chi connectivity index (χ0n) is 13.8. The molecule has 2 aromatic carbocycles. The van der Waals surface area contributed by atoms with Crippen LogP contribution in [0.5, 0.6) is 0 Å². The summed E-state index contributed by atoms with van der Waals surface area (Å²) in [4.78, 5) is 26.0. The van der Waals surface area contributed by atoms with E-state index in [1.807, 2.05) is 6.92 Å². The minimum atomic E-state index is -0.920. The van der Waals surface area contributed by atoms with Gasteiger partial charge in [0.1, 0.15) is 17.2 Å². The SMILES string of the molecule is Cc1ccc(NC(=O)c2c(F)cccc2F)cc1N1CCCCC1=O. The molecule has 130 valence electrons. The maximum Gasteiger partial charge on any atom is 0.261 e. The van der Waals surface area contributed by atoms with Crippen molar-refractivity contribution >= 4 is 23.2 Å². The first kappa shape index (κ1) is 17.1. The zero-order chi connectivity index (χ0) is 18.0. The summed E-state index contributed by atoms with van der Waals surface area (Å²) >= 11 is 0. The lowest BCUT2D eigenvalue weighted by atomic mass is 10.1. The van der Waals surface area contributed by atoms with Crippen LogP contribution in [0.2, 0.25) is 0 Å². The number of amides is 2. The quantitative estimate of drug-likeness (QED) is 0.913. The minimum absolute atomic E-state index is 0.0398. The number of benzene rings is 2. The number of carbonyl (C=O) groups is 2. The second kappa shape index (κ2) is 7.01. The van der Waals surface area contributed by atoms with Gasteiger partial charge in [-0.25, -0.2) is 8.78 Å². The van der Waals surface area contributed by atoms with Gasteiger partial charge in [-0.15, -0.1) is 0 Å². The van der Waals surface area contributed by atoms with E-state index in [9.17, 15) is 18.4 Å². The van der Waals surface area contributed by atoms with Gasteiger partial charge in [-0.3, -0.25) is 9.59 Å². The molecular weight excluding hydrogens is 326 g/mol. The lowest BCUT2D eigenvalue weighted by Gasteiger charge is -2.28. The monoisotopic (exact) mass is 344 g/mol. The lowest BCUT2D eigenvalue weighted by Crippen LogP contribution is -2.35. The van der Waals surface area contributed by atoms with Crippen LogP contribution in [-0.2, 0) is 4.79 Å². The molecule has 4 nitrogen and oxygen atoms in total. The number of anilines is 2. The van der Waals surface area contributed by atoms with Crippen molar-refractivity contribution in [3.63, 3.8) is 0 Å². The summed E-state index contributed by atoms with van der Waals surface area (Å²) < 4.78 is 27.5. The molecule has 25 heavy (non-hydrogen) atoms. The van der Waals surface area contributed by atoms with Crippen molar-refractivity contribution < 1.29 is 18.4 Å². The van der Waals surface area contributed by atoms with E-state index in [1.54, 1.807) is 23.1 Å². The second-order valence-electron chi connectivity index (χ2n) is 6.05. The van der Waals surface area contributed by atoms with Crippen LogP contribution in [0.3, 0.4) is 0 Å². The maximum absolute atomic E-state index is 13.7. The number of carbonyl (C=O) groups excluding carboxylic acids is 2. The summed E-state index contributed by atoms with van der Waals surface area (Å²) in [5, 5.41) is 2.50. The number of aryl methyl sites for hydroxylation is 1. The molecule has 3 rings (SSSR count). The van der Waals surface area contributed by atoms with Gasteiger partial charge in [-0.05, 0) is 49.6 Å².